The number of fused-ring (bicyclic) bond motifs is 1. The van der Waals surface area contributed by atoms with E-state index in [0.717, 1.165) is 5.56 Å². The van der Waals surface area contributed by atoms with Crippen LogP contribution in [-0.2, 0) is 15.4 Å². The maximum atomic E-state index is 13.1. The fraction of sp³-hybridized carbons (Fsp3) is 0.222. The standard InChI is InChI=1S/C27H26F3N3O3S/c1-26(2,3)18-9-12-20(13-10-18)37(35,36)33-19-11-14-22-21(15-19)23(17-7-5-4-6-8-17)24(32-22)25(34)31-16-27(28,29)30/h4-15,32-33H,16H2,1-3H3,(H,31,34). The summed E-state index contributed by atoms with van der Waals surface area (Å²) in [5, 5.41) is 2.37. The van der Waals surface area contributed by atoms with Gasteiger partial charge < -0.3 is 10.3 Å². The van der Waals surface area contributed by atoms with Crippen molar-refractivity contribution in [3.05, 3.63) is 84.1 Å². The summed E-state index contributed by atoms with van der Waals surface area (Å²) in [5.41, 5.74) is 2.47. The molecule has 0 aliphatic carbocycles. The largest absolute Gasteiger partial charge is 0.405 e. The van der Waals surface area contributed by atoms with Crippen molar-refractivity contribution >= 4 is 32.5 Å². The highest BCUT2D eigenvalue weighted by atomic mass is 32.2. The van der Waals surface area contributed by atoms with Crippen molar-refractivity contribution in [2.75, 3.05) is 11.3 Å². The van der Waals surface area contributed by atoms with Gasteiger partial charge in [-0.05, 0) is 46.9 Å². The number of halogens is 3. The van der Waals surface area contributed by atoms with E-state index >= 15 is 0 Å². The number of amides is 1. The molecule has 4 aromatic rings. The highest BCUT2D eigenvalue weighted by Crippen LogP contribution is 2.35. The van der Waals surface area contributed by atoms with E-state index in [-0.39, 0.29) is 21.7 Å². The minimum atomic E-state index is -4.56. The Balaban J connectivity index is 1.73. The van der Waals surface area contributed by atoms with Gasteiger partial charge in [-0.25, -0.2) is 8.42 Å². The molecule has 6 nitrogen and oxygen atoms in total. The molecule has 4 rings (SSSR count). The molecule has 0 spiro atoms. The van der Waals surface area contributed by atoms with Gasteiger partial charge in [0.15, 0.2) is 0 Å². The normalized spacial score (nSPS) is 12.5. The number of hydrogen-bond acceptors (Lipinski definition) is 3. The van der Waals surface area contributed by atoms with E-state index in [1.807, 2.05) is 26.1 Å². The molecule has 0 aliphatic heterocycles. The Morgan fingerprint density at radius 3 is 2.16 bits per heavy atom. The number of nitrogens with one attached hydrogen (secondary N) is 3. The molecule has 0 unspecified atom stereocenters. The number of aromatic amines is 1. The fourth-order valence-corrected chi connectivity index (χ4v) is 5.00. The second-order valence-corrected chi connectivity index (χ2v) is 11.4. The Labute approximate surface area is 213 Å². The summed E-state index contributed by atoms with van der Waals surface area (Å²) in [4.78, 5) is 15.7. The van der Waals surface area contributed by atoms with Crippen LogP contribution in [0.5, 0.6) is 0 Å². The molecule has 1 amide bonds. The summed E-state index contributed by atoms with van der Waals surface area (Å²) in [6.07, 6.45) is -4.56. The van der Waals surface area contributed by atoms with Crippen molar-refractivity contribution in [2.45, 2.75) is 37.3 Å². The van der Waals surface area contributed by atoms with Gasteiger partial charge in [-0.15, -0.1) is 0 Å². The van der Waals surface area contributed by atoms with Crippen LogP contribution in [0.15, 0.2) is 77.7 Å². The zero-order chi connectivity index (χ0) is 27.0. The van der Waals surface area contributed by atoms with Crippen molar-refractivity contribution in [3.63, 3.8) is 0 Å². The molecule has 0 fully saturated rings. The highest BCUT2D eigenvalue weighted by Gasteiger charge is 2.29. The van der Waals surface area contributed by atoms with Gasteiger partial charge in [0, 0.05) is 22.2 Å². The predicted molar refractivity (Wildman–Crippen MR) is 138 cm³/mol. The van der Waals surface area contributed by atoms with Crippen LogP contribution >= 0.6 is 0 Å². The summed E-state index contributed by atoms with van der Waals surface area (Å²) in [7, 11) is -3.92. The Hall–Kier alpha value is -3.79. The lowest BCUT2D eigenvalue weighted by Gasteiger charge is -2.19. The van der Waals surface area contributed by atoms with Crippen LogP contribution in [0.1, 0.15) is 36.8 Å². The minimum absolute atomic E-state index is 0.0526. The van der Waals surface area contributed by atoms with Crippen LogP contribution < -0.4 is 10.0 Å². The molecular weight excluding hydrogens is 503 g/mol. The summed E-state index contributed by atoms with van der Waals surface area (Å²) < 4.78 is 66.8. The molecule has 37 heavy (non-hydrogen) atoms. The van der Waals surface area contributed by atoms with Crippen LogP contribution in [0.3, 0.4) is 0 Å². The van der Waals surface area contributed by atoms with Crippen molar-refractivity contribution in [2.24, 2.45) is 0 Å². The summed E-state index contributed by atoms with van der Waals surface area (Å²) in [6.45, 7) is 4.61. The van der Waals surface area contributed by atoms with Crippen molar-refractivity contribution in [1.82, 2.24) is 10.3 Å². The molecule has 0 aliphatic rings. The first-order valence-electron chi connectivity index (χ1n) is 11.4. The third kappa shape index (κ3) is 5.96. The lowest BCUT2D eigenvalue weighted by Crippen LogP contribution is -2.34. The number of H-pyrrole nitrogens is 1. The van der Waals surface area contributed by atoms with E-state index in [9.17, 15) is 26.4 Å². The number of alkyl halides is 3. The third-order valence-corrected chi connectivity index (χ3v) is 7.22. The van der Waals surface area contributed by atoms with Crippen LogP contribution in [0.4, 0.5) is 18.9 Å². The van der Waals surface area contributed by atoms with Gasteiger partial charge in [0.25, 0.3) is 15.9 Å². The lowest BCUT2D eigenvalue weighted by atomic mass is 9.87. The van der Waals surface area contributed by atoms with Crippen molar-refractivity contribution < 1.29 is 26.4 Å². The number of aromatic nitrogens is 1. The molecule has 0 saturated heterocycles. The fourth-order valence-electron chi connectivity index (χ4n) is 3.95. The average molecular weight is 530 g/mol. The summed E-state index contributed by atoms with van der Waals surface area (Å²) in [5.74, 6) is -0.923. The second kappa shape index (κ2) is 9.59. The molecule has 0 radical (unpaired) electrons. The monoisotopic (exact) mass is 529 g/mol. The zero-order valence-electron chi connectivity index (χ0n) is 20.4. The molecule has 194 valence electrons. The summed E-state index contributed by atoms with van der Waals surface area (Å²) >= 11 is 0. The maximum absolute atomic E-state index is 13.1. The SMILES string of the molecule is CC(C)(C)c1ccc(S(=O)(=O)Nc2ccc3[nH]c(C(=O)NCC(F)(F)F)c(-c4ccccc4)c3c2)cc1. The molecule has 1 heterocycles. The minimum Gasteiger partial charge on any atom is -0.350 e. The number of carbonyl (C=O) groups is 1. The van der Waals surface area contributed by atoms with E-state index in [1.165, 1.54) is 18.2 Å². The van der Waals surface area contributed by atoms with Crippen molar-refractivity contribution in [3.8, 4) is 11.1 Å². The van der Waals surface area contributed by atoms with Gasteiger partial charge in [-0.1, -0.05) is 63.2 Å². The molecule has 0 saturated carbocycles. The second-order valence-electron chi connectivity index (χ2n) is 9.68. The van der Waals surface area contributed by atoms with Gasteiger partial charge in [0.2, 0.25) is 0 Å². The van der Waals surface area contributed by atoms with Gasteiger partial charge in [-0.3, -0.25) is 9.52 Å². The Bertz CT molecular complexity index is 1540. The molecular formula is C27H26F3N3O3S. The van der Waals surface area contributed by atoms with Gasteiger partial charge in [0.1, 0.15) is 12.2 Å². The molecule has 0 bridgehead atoms. The molecule has 1 aromatic heterocycles. The number of sulfonamides is 1. The quantitative estimate of drug-likeness (QED) is 0.277. The first-order valence-corrected chi connectivity index (χ1v) is 12.9. The van der Waals surface area contributed by atoms with Crippen LogP contribution in [-0.4, -0.2) is 32.0 Å². The Kier molecular flexibility index (Phi) is 6.81. The molecule has 3 aromatic carbocycles. The number of carbonyl (C=O) groups excluding carboxylic acids is 1. The number of hydrogen-bond donors (Lipinski definition) is 3. The van der Waals surface area contributed by atoms with E-state index in [4.69, 9.17) is 0 Å². The number of rotatable bonds is 6. The third-order valence-electron chi connectivity index (χ3n) is 5.82. The molecule has 3 N–H and O–H groups in total. The molecule has 10 heteroatoms. The highest BCUT2D eigenvalue weighted by molar-refractivity contribution is 7.92. The van der Waals surface area contributed by atoms with Gasteiger partial charge in [-0.2, -0.15) is 13.2 Å². The zero-order valence-corrected chi connectivity index (χ0v) is 21.2. The van der Waals surface area contributed by atoms with Crippen molar-refractivity contribution in [1.29, 1.82) is 0 Å². The predicted octanol–water partition coefficient (Wildman–Crippen LogP) is 6.23. The van der Waals surface area contributed by atoms with Crippen LogP contribution in [0.25, 0.3) is 22.0 Å². The van der Waals surface area contributed by atoms with Crippen LogP contribution in [0.2, 0.25) is 0 Å². The van der Waals surface area contributed by atoms with E-state index < -0.39 is 28.7 Å². The lowest BCUT2D eigenvalue weighted by molar-refractivity contribution is -0.123. The Morgan fingerprint density at radius 2 is 1.57 bits per heavy atom. The first kappa shape index (κ1) is 26.3. The molecule has 0 atom stereocenters. The van der Waals surface area contributed by atoms with Crippen LogP contribution in [0, 0.1) is 0 Å². The van der Waals surface area contributed by atoms with Gasteiger partial charge >= 0.3 is 6.18 Å². The van der Waals surface area contributed by atoms with Gasteiger partial charge in [0.05, 0.1) is 4.90 Å². The van der Waals surface area contributed by atoms with E-state index in [0.29, 0.717) is 22.0 Å². The maximum Gasteiger partial charge on any atom is 0.405 e. The van der Waals surface area contributed by atoms with E-state index in [1.54, 1.807) is 54.6 Å². The summed E-state index contributed by atoms with van der Waals surface area (Å²) in [6, 6.07) is 19.9. The smallest absolute Gasteiger partial charge is 0.350 e. The Morgan fingerprint density at radius 1 is 0.919 bits per heavy atom. The average Bonchev–Trinajstić information content (AvgIpc) is 3.21. The number of benzene rings is 3. The first-order chi connectivity index (χ1) is 17.2. The number of anilines is 1. The van der Waals surface area contributed by atoms with E-state index in [2.05, 4.69) is 9.71 Å². The topological polar surface area (TPSA) is 91.1 Å².